The third-order valence-electron chi connectivity index (χ3n) is 6.57. The summed E-state index contributed by atoms with van der Waals surface area (Å²) in [5.41, 5.74) is 4.99. The summed E-state index contributed by atoms with van der Waals surface area (Å²) in [4.78, 5) is 13.0. The van der Waals surface area contributed by atoms with Crippen molar-refractivity contribution in [1.29, 1.82) is 0 Å². The minimum Gasteiger partial charge on any atom is -0.284 e. The molecule has 8 heteroatoms. The molecule has 1 aliphatic carbocycles. The van der Waals surface area contributed by atoms with Crippen LogP contribution < -0.4 is 10.4 Å². The van der Waals surface area contributed by atoms with Crippen LogP contribution in [0.25, 0.3) is 0 Å². The Kier molecular flexibility index (Phi) is 5.63. The van der Waals surface area contributed by atoms with Crippen molar-refractivity contribution in [3.05, 3.63) is 63.9 Å². The van der Waals surface area contributed by atoms with Gasteiger partial charge in [0, 0.05) is 24.5 Å². The number of hydrazine groups is 1. The second kappa shape index (κ2) is 8.41. The topological polar surface area (TPSA) is 47.9 Å². The summed E-state index contributed by atoms with van der Waals surface area (Å²) in [6.45, 7) is 1.80. The van der Waals surface area contributed by atoms with Crippen LogP contribution in [0.2, 0.25) is 10.0 Å². The molecular weight excluding hydrogens is 438 g/mol. The SMILES string of the molecule is O=C(NN1CC2CCCC2C1)C1=NN(c2ccc(Cl)cc2Cl)[C@H](c2ccc(F)cc2)C1. The summed E-state index contributed by atoms with van der Waals surface area (Å²) < 4.78 is 13.5. The molecule has 31 heavy (non-hydrogen) atoms. The molecule has 2 aliphatic heterocycles. The summed E-state index contributed by atoms with van der Waals surface area (Å²) in [7, 11) is 0. The van der Waals surface area contributed by atoms with E-state index in [1.165, 1.54) is 31.4 Å². The molecule has 1 amide bonds. The molecule has 1 saturated carbocycles. The fraction of sp³-hybridized carbons (Fsp3) is 0.391. The molecule has 0 spiro atoms. The third-order valence-corrected chi connectivity index (χ3v) is 7.11. The summed E-state index contributed by atoms with van der Waals surface area (Å²) in [5.74, 6) is 0.861. The first-order valence-electron chi connectivity index (χ1n) is 10.6. The smallest absolute Gasteiger partial charge is 0.281 e. The van der Waals surface area contributed by atoms with Gasteiger partial charge in [-0.1, -0.05) is 41.8 Å². The van der Waals surface area contributed by atoms with Gasteiger partial charge in [0.2, 0.25) is 0 Å². The molecule has 0 radical (unpaired) electrons. The van der Waals surface area contributed by atoms with Gasteiger partial charge in [0.15, 0.2) is 0 Å². The van der Waals surface area contributed by atoms with E-state index in [1.54, 1.807) is 35.3 Å². The van der Waals surface area contributed by atoms with Crippen LogP contribution in [-0.4, -0.2) is 29.7 Å². The lowest BCUT2D eigenvalue weighted by molar-refractivity contribution is -0.119. The largest absolute Gasteiger partial charge is 0.284 e. The molecule has 0 bridgehead atoms. The van der Waals surface area contributed by atoms with Crippen LogP contribution in [0.5, 0.6) is 0 Å². The van der Waals surface area contributed by atoms with Gasteiger partial charge < -0.3 is 0 Å². The van der Waals surface area contributed by atoms with Crippen LogP contribution >= 0.6 is 23.2 Å². The fourth-order valence-electron chi connectivity index (χ4n) is 5.02. The Morgan fingerprint density at radius 1 is 1.06 bits per heavy atom. The van der Waals surface area contributed by atoms with E-state index in [0.717, 1.165) is 18.7 Å². The predicted molar refractivity (Wildman–Crippen MR) is 121 cm³/mol. The minimum absolute atomic E-state index is 0.195. The Bertz CT molecular complexity index is 1020. The van der Waals surface area contributed by atoms with Gasteiger partial charge in [-0.05, 0) is 60.6 Å². The van der Waals surface area contributed by atoms with Crippen molar-refractivity contribution in [3.63, 3.8) is 0 Å². The lowest BCUT2D eigenvalue weighted by Crippen LogP contribution is -2.44. The molecule has 3 atom stereocenters. The first-order valence-corrected chi connectivity index (χ1v) is 11.4. The molecule has 2 aromatic carbocycles. The van der Waals surface area contributed by atoms with Crippen molar-refractivity contribution < 1.29 is 9.18 Å². The molecule has 2 aromatic rings. The Morgan fingerprint density at radius 3 is 2.45 bits per heavy atom. The van der Waals surface area contributed by atoms with Gasteiger partial charge in [-0.25, -0.2) is 9.40 Å². The number of rotatable bonds is 4. The Hall–Kier alpha value is -2.15. The molecule has 2 unspecified atom stereocenters. The van der Waals surface area contributed by atoms with E-state index < -0.39 is 0 Å². The summed E-state index contributed by atoms with van der Waals surface area (Å²) in [5, 5.41) is 9.36. The summed E-state index contributed by atoms with van der Waals surface area (Å²) in [6, 6.07) is 11.2. The van der Waals surface area contributed by atoms with Gasteiger partial charge in [0.1, 0.15) is 11.5 Å². The number of hydrazone groups is 1. The lowest BCUT2D eigenvalue weighted by atomic mass is 10.0. The first kappa shape index (κ1) is 20.7. The first-order chi connectivity index (χ1) is 15.0. The molecule has 5 nitrogen and oxygen atoms in total. The number of fused-ring (bicyclic) bond motifs is 1. The average molecular weight is 461 g/mol. The van der Waals surface area contributed by atoms with E-state index in [9.17, 15) is 9.18 Å². The maximum absolute atomic E-state index is 13.5. The highest BCUT2D eigenvalue weighted by Gasteiger charge is 2.38. The number of hydrogen-bond donors (Lipinski definition) is 1. The number of nitrogens with zero attached hydrogens (tertiary/aromatic N) is 3. The number of hydrogen-bond acceptors (Lipinski definition) is 4. The van der Waals surface area contributed by atoms with Crippen molar-refractivity contribution in [2.24, 2.45) is 16.9 Å². The van der Waals surface area contributed by atoms with Crippen molar-refractivity contribution in [1.82, 2.24) is 10.4 Å². The molecule has 0 aromatic heterocycles. The average Bonchev–Trinajstić information content (AvgIpc) is 3.43. The highest BCUT2D eigenvalue weighted by Crippen LogP contribution is 2.40. The zero-order chi connectivity index (χ0) is 21.5. The Labute approximate surface area is 190 Å². The van der Waals surface area contributed by atoms with Gasteiger partial charge >= 0.3 is 0 Å². The second-order valence-electron chi connectivity index (χ2n) is 8.56. The zero-order valence-electron chi connectivity index (χ0n) is 16.9. The monoisotopic (exact) mass is 460 g/mol. The molecule has 1 N–H and O–H groups in total. The zero-order valence-corrected chi connectivity index (χ0v) is 18.4. The van der Waals surface area contributed by atoms with Crippen LogP contribution in [0.3, 0.4) is 0 Å². The number of anilines is 1. The van der Waals surface area contributed by atoms with Crippen molar-refractivity contribution in [3.8, 4) is 0 Å². The quantitative estimate of drug-likeness (QED) is 0.681. The van der Waals surface area contributed by atoms with Crippen LogP contribution in [0, 0.1) is 17.7 Å². The number of benzene rings is 2. The van der Waals surface area contributed by atoms with Crippen LogP contribution in [-0.2, 0) is 4.79 Å². The lowest BCUT2D eigenvalue weighted by Gasteiger charge is -2.25. The highest BCUT2D eigenvalue weighted by molar-refractivity contribution is 6.40. The normalized spacial score (nSPS) is 25.6. The van der Waals surface area contributed by atoms with Gasteiger partial charge in [-0.2, -0.15) is 5.10 Å². The number of nitrogens with one attached hydrogen (secondary N) is 1. The summed E-state index contributed by atoms with van der Waals surface area (Å²) in [6.07, 6.45) is 4.18. The molecule has 5 rings (SSSR count). The van der Waals surface area contributed by atoms with Crippen LogP contribution in [0.4, 0.5) is 10.1 Å². The minimum atomic E-state index is -0.309. The van der Waals surface area contributed by atoms with Crippen molar-refractivity contribution in [2.45, 2.75) is 31.7 Å². The van der Waals surface area contributed by atoms with E-state index in [4.69, 9.17) is 23.2 Å². The number of carbonyl (C=O) groups excluding carboxylic acids is 1. The van der Waals surface area contributed by atoms with E-state index in [2.05, 4.69) is 10.5 Å². The molecule has 1 saturated heterocycles. The molecular formula is C23H23Cl2FN4O. The van der Waals surface area contributed by atoms with Gasteiger partial charge in [0.25, 0.3) is 5.91 Å². The second-order valence-corrected chi connectivity index (χ2v) is 9.40. The maximum atomic E-state index is 13.5. The van der Waals surface area contributed by atoms with E-state index >= 15 is 0 Å². The number of carbonyl (C=O) groups is 1. The Balaban J connectivity index is 1.39. The molecule has 3 aliphatic rings. The van der Waals surface area contributed by atoms with Gasteiger partial charge in [-0.3, -0.25) is 15.2 Å². The van der Waals surface area contributed by atoms with E-state index in [1.807, 2.05) is 5.01 Å². The molecule has 162 valence electrons. The third kappa shape index (κ3) is 4.16. The van der Waals surface area contributed by atoms with Crippen molar-refractivity contribution in [2.75, 3.05) is 18.1 Å². The number of halogens is 3. The van der Waals surface area contributed by atoms with Crippen molar-refractivity contribution >= 4 is 40.5 Å². The van der Waals surface area contributed by atoms with Gasteiger partial charge in [0.05, 0.1) is 16.8 Å². The standard InChI is InChI=1S/C23H23Cl2FN4O/c24-17-6-9-21(19(25)10-17)30-22(14-4-7-18(26)8-5-14)11-20(27-30)23(31)28-29-12-15-2-1-3-16(15)13-29/h4-10,15-16,22H,1-3,11-13H2,(H,28,31)/t15?,16?,22-/m0/s1. The van der Waals surface area contributed by atoms with E-state index in [0.29, 0.717) is 39.7 Å². The summed E-state index contributed by atoms with van der Waals surface area (Å²) >= 11 is 12.5. The van der Waals surface area contributed by atoms with Crippen LogP contribution in [0.15, 0.2) is 47.6 Å². The maximum Gasteiger partial charge on any atom is 0.281 e. The number of amides is 1. The molecule has 2 fully saturated rings. The van der Waals surface area contributed by atoms with Gasteiger partial charge in [-0.15, -0.1) is 0 Å². The van der Waals surface area contributed by atoms with E-state index in [-0.39, 0.29) is 17.8 Å². The predicted octanol–water partition coefficient (Wildman–Crippen LogP) is 5.20. The molecule has 2 heterocycles. The van der Waals surface area contributed by atoms with Crippen LogP contribution in [0.1, 0.15) is 37.3 Å². The fourth-order valence-corrected chi connectivity index (χ4v) is 5.51. The highest BCUT2D eigenvalue weighted by atomic mass is 35.5. The Morgan fingerprint density at radius 2 is 1.77 bits per heavy atom.